The summed E-state index contributed by atoms with van der Waals surface area (Å²) in [5.41, 5.74) is 7.13. The van der Waals surface area contributed by atoms with Crippen LogP contribution in [0.3, 0.4) is 0 Å². The third-order valence-electron chi connectivity index (χ3n) is 2.55. The third kappa shape index (κ3) is 2.29. The smallest absolute Gasteiger partial charge is 0.174 e. The quantitative estimate of drug-likeness (QED) is 0.571. The highest BCUT2D eigenvalue weighted by atomic mass is 32.2. The molecule has 0 amide bonds. The van der Waals surface area contributed by atoms with E-state index in [-0.39, 0.29) is 5.84 Å². The maximum Gasteiger partial charge on any atom is 0.174 e. The molecule has 0 spiro atoms. The fourth-order valence-electron chi connectivity index (χ4n) is 1.71. The second-order valence-electron chi connectivity index (χ2n) is 3.74. The molecule has 94 valence electrons. The first kappa shape index (κ1) is 12.1. The van der Waals surface area contributed by atoms with Gasteiger partial charge in [0.25, 0.3) is 0 Å². The van der Waals surface area contributed by atoms with E-state index in [0.29, 0.717) is 5.56 Å². The van der Waals surface area contributed by atoms with E-state index < -0.39 is 0 Å². The maximum absolute atomic E-state index is 7.67. The lowest BCUT2D eigenvalue weighted by Gasteiger charge is -2.09. The summed E-state index contributed by atoms with van der Waals surface area (Å²) in [4.78, 5) is 9.38. The summed E-state index contributed by atoms with van der Waals surface area (Å²) in [7, 11) is 0. The molecule has 19 heavy (non-hydrogen) atoms. The lowest BCUT2D eigenvalue weighted by atomic mass is 10.1. The maximum atomic E-state index is 7.67. The van der Waals surface area contributed by atoms with E-state index in [0.717, 1.165) is 20.1 Å². The van der Waals surface area contributed by atoms with Crippen LogP contribution in [0.5, 0.6) is 0 Å². The molecule has 0 fully saturated rings. The zero-order valence-electron chi connectivity index (χ0n) is 9.70. The van der Waals surface area contributed by atoms with Gasteiger partial charge in [-0.3, -0.25) is 10.4 Å². The largest absolute Gasteiger partial charge is 0.384 e. The van der Waals surface area contributed by atoms with Gasteiger partial charge in [0.15, 0.2) is 4.34 Å². The molecule has 0 bridgehead atoms. The Bertz CT molecular complexity index is 739. The first-order chi connectivity index (χ1) is 9.25. The monoisotopic (exact) mass is 287 g/mol. The topological polar surface area (TPSA) is 88.5 Å². The standard InChI is InChI=1S/C12H9N5S2/c13-11(14)8-5-15-9-4-2-1-3-7(9)10(8)18-12-16-6-17-19-12/h1-6H,(H3,13,14). The number of rotatable bonds is 3. The molecule has 3 N–H and O–H groups in total. The number of nitrogens with zero attached hydrogens (tertiary/aromatic N) is 3. The van der Waals surface area contributed by atoms with E-state index in [1.165, 1.54) is 29.6 Å². The molecule has 7 heteroatoms. The minimum atomic E-state index is 0.00488. The Hall–Kier alpha value is -1.99. The fourth-order valence-corrected chi connectivity index (χ4v) is 3.35. The number of nitrogens with one attached hydrogen (secondary N) is 1. The number of fused-ring (bicyclic) bond motifs is 1. The van der Waals surface area contributed by atoms with Gasteiger partial charge in [0, 0.05) is 22.0 Å². The van der Waals surface area contributed by atoms with Crippen molar-refractivity contribution in [3.63, 3.8) is 0 Å². The molecule has 3 rings (SSSR count). The third-order valence-corrected chi connectivity index (χ3v) is 4.41. The fraction of sp³-hybridized carbons (Fsp3) is 0. The SMILES string of the molecule is N=C(N)c1cnc2ccccc2c1Sc1ncns1. The first-order valence-corrected chi connectivity index (χ1v) is 7.01. The van der Waals surface area contributed by atoms with E-state index in [1.54, 1.807) is 6.20 Å². The van der Waals surface area contributed by atoms with Gasteiger partial charge in [-0.25, -0.2) is 4.98 Å². The predicted molar refractivity (Wildman–Crippen MR) is 76.8 cm³/mol. The molecule has 0 aliphatic heterocycles. The first-order valence-electron chi connectivity index (χ1n) is 5.42. The van der Waals surface area contributed by atoms with Crippen LogP contribution < -0.4 is 5.73 Å². The minimum absolute atomic E-state index is 0.00488. The van der Waals surface area contributed by atoms with Crippen LogP contribution in [0.25, 0.3) is 10.9 Å². The van der Waals surface area contributed by atoms with Crippen molar-refractivity contribution in [1.82, 2.24) is 14.3 Å². The number of pyridine rings is 1. The van der Waals surface area contributed by atoms with Crippen molar-refractivity contribution < 1.29 is 0 Å². The normalized spacial score (nSPS) is 10.7. The van der Waals surface area contributed by atoms with Gasteiger partial charge in [0.1, 0.15) is 12.2 Å². The Morgan fingerprint density at radius 3 is 2.84 bits per heavy atom. The number of benzene rings is 1. The minimum Gasteiger partial charge on any atom is -0.384 e. The Morgan fingerprint density at radius 1 is 1.26 bits per heavy atom. The highest BCUT2D eigenvalue weighted by Crippen LogP contribution is 2.35. The van der Waals surface area contributed by atoms with Crippen molar-refractivity contribution in [2.45, 2.75) is 9.24 Å². The zero-order valence-corrected chi connectivity index (χ0v) is 11.3. The molecule has 0 unspecified atom stereocenters. The van der Waals surface area contributed by atoms with Gasteiger partial charge < -0.3 is 5.73 Å². The average molecular weight is 287 g/mol. The summed E-state index contributed by atoms with van der Waals surface area (Å²) >= 11 is 2.78. The highest BCUT2D eigenvalue weighted by molar-refractivity contribution is 8.01. The molecule has 0 aliphatic rings. The highest BCUT2D eigenvalue weighted by Gasteiger charge is 2.13. The molecular weight excluding hydrogens is 278 g/mol. The van der Waals surface area contributed by atoms with Gasteiger partial charge in [0.05, 0.1) is 5.52 Å². The lowest BCUT2D eigenvalue weighted by Crippen LogP contribution is -2.13. The molecule has 0 aliphatic carbocycles. The Morgan fingerprint density at radius 2 is 2.11 bits per heavy atom. The van der Waals surface area contributed by atoms with E-state index in [9.17, 15) is 0 Å². The van der Waals surface area contributed by atoms with Crippen LogP contribution in [0.15, 0.2) is 46.0 Å². The lowest BCUT2D eigenvalue weighted by molar-refractivity contribution is 1.21. The Balaban J connectivity index is 2.22. The van der Waals surface area contributed by atoms with Crippen molar-refractivity contribution in [2.24, 2.45) is 5.73 Å². The molecule has 3 aromatic rings. The van der Waals surface area contributed by atoms with Crippen molar-refractivity contribution >= 4 is 40.0 Å². The number of nitrogens with two attached hydrogens (primary N) is 1. The Kier molecular flexibility index (Phi) is 3.14. The summed E-state index contributed by atoms with van der Waals surface area (Å²) in [5.74, 6) is 0.00488. The van der Waals surface area contributed by atoms with Crippen molar-refractivity contribution in [3.05, 3.63) is 42.4 Å². The van der Waals surface area contributed by atoms with Gasteiger partial charge in [-0.05, 0) is 17.6 Å². The summed E-state index contributed by atoms with van der Waals surface area (Å²) in [6.07, 6.45) is 3.15. The molecule has 5 nitrogen and oxygen atoms in total. The second-order valence-corrected chi connectivity index (χ2v) is 5.78. The number of nitrogen functional groups attached to an aromatic ring is 1. The van der Waals surface area contributed by atoms with Crippen LogP contribution in [0, 0.1) is 5.41 Å². The molecule has 0 saturated heterocycles. The number of hydrogen-bond acceptors (Lipinski definition) is 6. The van der Waals surface area contributed by atoms with Gasteiger partial charge in [0.2, 0.25) is 0 Å². The zero-order chi connectivity index (χ0) is 13.2. The summed E-state index contributed by atoms with van der Waals surface area (Å²) in [5, 5.41) is 8.64. The molecule has 0 atom stereocenters. The summed E-state index contributed by atoms with van der Waals surface area (Å²) in [6, 6.07) is 7.78. The van der Waals surface area contributed by atoms with Crippen molar-refractivity contribution in [1.29, 1.82) is 5.41 Å². The Labute approximate surface area is 117 Å². The van der Waals surface area contributed by atoms with Gasteiger partial charge in [-0.2, -0.15) is 4.37 Å². The number of aromatic nitrogens is 3. The van der Waals surface area contributed by atoms with Gasteiger partial charge >= 0.3 is 0 Å². The van der Waals surface area contributed by atoms with Crippen LogP contribution in [0.2, 0.25) is 0 Å². The van der Waals surface area contributed by atoms with Crippen LogP contribution in [-0.4, -0.2) is 20.2 Å². The van der Waals surface area contributed by atoms with Crippen LogP contribution in [-0.2, 0) is 0 Å². The van der Waals surface area contributed by atoms with E-state index in [2.05, 4.69) is 14.3 Å². The second kappa shape index (κ2) is 4.94. The number of amidine groups is 1. The number of para-hydroxylation sites is 1. The predicted octanol–water partition coefficient (Wildman–Crippen LogP) is 2.52. The molecule has 2 aromatic heterocycles. The molecule has 1 aromatic carbocycles. The van der Waals surface area contributed by atoms with E-state index >= 15 is 0 Å². The van der Waals surface area contributed by atoms with Crippen LogP contribution >= 0.6 is 23.3 Å². The van der Waals surface area contributed by atoms with E-state index in [4.69, 9.17) is 11.1 Å². The average Bonchev–Trinajstić information content (AvgIpc) is 2.92. The summed E-state index contributed by atoms with van der Waals surface area (Å²) < 4.78 is 4.80. The summed E-state index contributed by atoms with van der Waals surface area (Å²) in [6.45, 7) is 0. The van der Waals surface area contributed by atoms with Gasteiger partial charge in [-0.1, -0.05) is 30.0 Å². The van der Waals surface area contributed by atoms with Gasteiger partial charge in [-0.15, -0.1) is 0 Å². The van der Waals surface area contributed by atoms with Crippen molar-refractivity contribution in [3.8, 4) is 0 Å². The molecule has 2 heterocycles. The van der Waals surface area contributed by atoms with Crippen LogP contribution in [0.4, 0.5) is 0 Å². The molecule has 0 radical (unpaired) electrons. The molecule has 0 saturated carbocycles. The van der Waals surface area contributed by atoms with Crippen molar-refractivity contribution in [2.75, 3.05) is 0 Å². The molecular formula is C12H9N5S2. The van der Waals surface area contributed by atoms with Crippen LogP contribution in [0.1, 0.15) is 5.56 Å². The van der Waals surface area contributed by atoms with E-state index in [1.807, 2.05) is 24.3 Å². The number of hydrogen-bond donors (Lipinski definition) is 2.